The highest BCUT2D eigenvalue weighted by Gasteiger charge is 2.34. The molecular weight excluding hydrogens is 374 g/mol. The Hall–Kier alpha value is -2.49. The van der Waals surface area contributed by atoms with E-state index in [1.807, 2.05) is 45.9 Å². The molecule has 0 radical (unpaired) electrons. The SMILES string of the molecule is CCCCNC(=O)Oc1c(C)cc(C)cc1C(c1cc(C)cc(C)c1O)C(C)(C)C. The van der Waals surface area contributed by atoms with E-state index in [1.165, 1.54) is 0 Å². The summed E-state index contributed by atoms with van der Waals surface area (Å²) in [6.45, 7) is 17.1. The molecular formula is C26H37NO3. The van der Waals surface area contributed by atoms with Gasteiger partial charge in [-0.2, -0.15) is 0 Å². The standard InChI is InChI=1S/C26H37NO3/c1-9-10-11-27-25(29)30-24-19(5)13-17(3)15-21(24)22(26(6,7)8)20-14-16(2)12-18(4)23(20)28/h12-15,22,28H,9-11H2,1-8H3,(H,27,29). The summed E-state index contributed by atoms with van der Waals surface area (Å²) in [6.07, 6.45) is 1.48. The molecule has 1 atom stereocenters. The predicted octanol–water partition coefficient (Wildman–Crippen LogP) is 6.69. The van der Waals surface area contributed by atoms with Gasteiger partial charge in [0.15, 0.2) is 0 Å². The molecule has 2 aromatic carbocycles. The number of phenolic OH excluding ortho intramolecular Hbond substituents is 1. The molecule has 0 saturated carbocycles. The van der Waals surface area contributed by atoms with Crippen molar-refractivity contribution in [3.05, 3.63) is 57.6 Å². The van der Waals surface area contributed by atoms with Gasteiger partial charge in [-0.25, -0.2) is 4.79 Å². The zero-order valence-electron chi connectivity index (χ0n) is 19.8. The summed E-state index contributed by atoms with van der Waals surface area (Å²) in [5.74, 6) is 0.735. The van der Waals surface area contributed by atoms with Crippen LogP contribution in [-0.4, -0.2) is 17.7 Å². The van der Waals surface area contributed by atoms with Crippen molar-refractivity contribution in [2.24, 2.45) is 5.41 Å². The maximum Gasteiger partial charge on any atom is 0.412 e. The van der Waals surface area contributed by atoms with Crippen molar-refractivity contribution < 1.29 is 14.6 Å². The molecule has 30 heavy (non-hydrogen) atoms. The van der Waals surface area contributed by atoms with Gasteiger partial charge in [0.1, 0.15) is 11.5 Å². The van der Waals surface area contributed by atoms with Crippen LogP contribution in [0, 0.1) is 33.1 Å². The Morgan fingerprint density at radius 2 is 1.57 bits per heavy atom. The number of hydrogen-bond acceptors (Lipinski definition) is 3. The number of rotatable bonds is 6. The van der Waals surface area contributed by atoms with Crippen LogP contribution in [0.3, 0.4) is 0 Å². The first kappa shape index (κ1) is 23.8. The second kappa shape index (κ2) is 9.55. The minimum absolute atomic E-state index is 0.145. The number of carbonyl (C=O) groups is 1. The van der Waals surface area contributed by atoms with E-state index in [2.05, 4.69) is 39.1 Å². The molecule has 0 aromatic heterocycles. The van der Waals surface area contributed by atoms with Crippen LogP contribution in [-0.2, 0) is 0 Å². The van der Waals surface area contributed by atoms with Crippen LogP contribution in [0.25, 0.3) is 0 Å². The summed E-state index contributed by atoms with van der Waals surface area (Å²) in [6, 6.07) is 8.13. The van der Waals surface area contributed by atoms with Crippen LogP contribution in [0.4, 0.5) is 4.79 Å². The van der Waals surface area contributed by atoms with Gasteiger partial charge < -0.3 is 15.2 Å². The molecule has 1 amide bonds. The maximum absolute atomic E-state index is 12.5. The zero-order chi connectivity index (χ0) is 22.6. The highest BCUT2D eigenvalue weighted by Crippen LogP contribution is 2.48. The minimum Gasteiger partial charge on any atom is -0.507 e. The fourth-order valence-electron chi connectivity index (χ4n) is 4.15. The molecule has 0 heterocycles. The Balaban J connectivity index is 2.64. The first-order valence-electron chi connectivity index (χ1n) is 10.8. The van der Waals surface area contributed by atoms with Crippen LogP contribution in [0.2, 0.25) is 0 Å². The summed E-state index contributed by atoms with van der Waals surface area (Å²) in [5, 5.41) is 13.8. The lowest BCUT2D eigenvalue weighted by molar-refractivity contribution is 0.198. The van der Waals surface area contributed by atoms with Gasteiger partial charge in [0.25, 0.3) is 0 Å². The van der Waals surface area contributed by atoms with Gasteiger partial charge in [-0.15, -0.1) is 0 Å². The number of ether oxygens (including phenoxy) is 1. The molecule has 0 aliphatic heterocycles. The molecule has 2 N–H and O–H groups in total. The van der Waals surface area contributed by atoms with Crippen molar-refractivity contribution in [2.75, 3.05) is 6.54 Å². The Bertz CT molecular complexity index is 909. The van der Waals surface area contributed by atoms with Crippen molar-refractivity contribution in [3.63, 3.8) is 0 Å². The molecule has 1 unspecified atom stereocenters. The lowest BCUT2D eigenvalue weighted by Gasteiger charge is -2.34. The van der Waals surface area contributed by atoms with Crippen LogP contribution in [0.5, 0.6) is 11.5 Å². The number of benzene rings is 2. The quantitative estimate of drug-likeness (QED) is 0.520. The molecule has 0 fully saturated rings. The smallest absolute Gasteiger partial charge is 0.412 e. The van der Waals surface area contributed by atoms with Gasteiger partial charge >= 0.3 is 6.09 Å². The lowest BCUT2D eigenvalue weighted by atomic mass is 9.71. The molecule has 4 heteroatoms. The molecule has 0 saturated heterocycles. The van der Waals surface area contributed by atoms with E-state index in [1.54, 1.807) is 0 Å². The molecule has 0 aliphatic carbocycles. The van der Waals surface area contributed by atoms with Crippen molar-refractivity contribution >= 4 is 6.09 Å². The number of hydrogen-bond donors (Lipinski definition) is 2. The summed E-state index contributed by atoms with van der Waals surface area (Å²) in [5.41, 5.74) is 5.52. The third-order valence-electron chi connectivity index (χ3n) is 5.40. The van der Waals surface area contributed by atoms with Crippen molar-refractivity contribution in [2.45, 2.75) is 74.1 Å². The van der Waals surface area contributed by atoms with E-state index in [0.29, 0.717) is 18.0 Å². The van der Waals surface area contributed by atoms with Gasteiger partial charge in [-0.3, -0.25) is 0 Å². The average molecular weight is 412 g/mol. The molecule has 0 aliphatic rings. The Labute approximate surface area is 181 Å². The number of nitrogens with one attached hydrogen (secondary N) is 1. The zero-order valence-corrected chi connectivity index (χ0v) is 19.8. The van der Waals surface area contributed by atoms with Gasteiger partial charge in [0, 0.05) is 23.6 Å². The van der Waals surface area contributed by atoms with Gasteiger partial charge in [-0.1, -0.05) is 69.5 Å². The van der Waals surface area contributed by atoms with Crippen LogP contribution in [0.1, 0.15) is 79.8 Å². The number of aromatic hydroxyl groups is 1. The first-order valence-corrected chi connectivity index (χ1v) is 10.8. The maximum atomic E-state index is 12.5. The summed E-state index contributed by atoms with van der Waals surface area (Å²) in [4.78, 5) is 12.5. The Kier molecular flexibility index (Phi) is 7.57. The van der Waals surface area contributed by atoms with Crippen molar-refractivity contribution in [1.82, 2.24) is 5.32 Å². The highest BCUT2D eigenvalue weighted by atomic mass is 16.6. The van der Waals surface area contributed by atoms with Gasteiger partial charge in [0.05, 0.1) is 0 Å². The van der Waals surface area contributed by atoms with E-state index in [0.717, 1.165) is 46.2 Å². The van der Waals surface area contributed by atoms with Gasteiger partial charge in [-0.05, 0) is 50.7 Å². The number of unbranched alkanes of at least 4 members (excludes halogenated alkanes) is 1. The topological polar surface area (TPSA) is 58.6 Å². The summed E-state index contributed by atoms with van der Waals surface area (Å²) < 4.78 is 5.84. The Morgan fingerprint density at radius 1 is 1.00 bits per heavy atom. The molecule has 0 bridgehead atoms. The molecule has 2 rings (SSSR count). The lowest BCUT2D eigenvalue weighted by Crippen LogP contribution is -2.29. The number of carbonyl (C=O) groups excluding carboxylic acids is 1. The van der Waals surface area contributed by atoms with E-state index in [9.17, 15) is 9.90 Å². The minimum atomic E-state index is -0.436. The largest absolute Gasteiger partial charge is 0.507 e. The van der Waals surface area contributed by atoms with E-state index in [-0.39, 0.29) is 11.3 Å². The van der Waals surface area contributed by atoms with E-state index in [4.69, 9.17) is 4.74 Å². The molecule has 2 aromatic rings. The van der Waals surface area contributed by atoms with Gasteiger partial charge in [0.2, 0.25) is 0 Å². The summed E-state index contributed by atoms with van der Waals surface area (Å²) >= 11 is 0. The fourth-order valence-corrected chi connectivity index (χ4v) is 4.15. The molecule has 4 nitrogen and oxygen atoms in total. The molecule has 0 spiro atoms. The number of aryl methyl sites for hydroxylation is 4. The Morgan fingerprint density at radius 3 is 2.13 bits per heavy atom. The monoisotopic (exact) mass is 411 g/mol. The third kappa shape index (κ3) is 5.56. The van der Waals surface area contributed by atoms with Crippen LogP contribution in [0.15, 0.2) is 24.3 Å². The number of amides is 1. The average Bonchev–Trinajstić information content (AvgIpc) is 2.61. The molecule has 164 valence electrons. The second-order valence-corrected chi connectivity index (χ2v) is 9.49. The van der Waals surface area contributed by atoms with Crippen LogP contribution < -0.4 is 10.1 Å². The van der Waals surface area contributed by atoms with Crippen molar-refractivity contribution in [1.29, 1.82) is 0 Å². The predicted molar refractivity (Wildman–Crippen MR) is 124 cm³/mol. The summed E-state index contributed by atoms with van der Waals surface area (Å²) in [7, 11) is 0. The highest BCUT2D eigenvalue weighted by molar-refractivity contribution is 5.72. The third-order valence-corrected chi connectivity index (χ3v) is 5.40. The second-order valence-electron chi connectivity index (χ2n) is 9.49. The van der Waals surface area contributed by atoms with E-state index < -0.39 is 6.09 Å². The van der Waals surface area contributed by atoms with E-state index >= 15 is 0 Å². The number of phenols is 1. The van der Waals surface area contributed by atoms with Crippen molar-refractivity contribution in [3.8, 4) is 11.5 Å². The van der Waals surface area contributed by atoms with Crippen LogP contribution >= 0.6 is 0 Å². The fraction of sp³-hybridized carbons (Fsp3) is 0.500. The first-order chi connectivity index (χ1) is 14.0. The normalized spacial score (nSPS) is 12.5.